The van der Waals surface area contributed by atoms with Crippen molar-refractivity contribution in [1.82, 2.24) is 19.1 Å². The lowest BCUT2D eigenvalue weighted by atomic mass is 10.1. The summed E-state index contributed by atoms with van der Waals surface area (Å²) in [5, 5.41) is 9.65. The number of hydrogen-bond acceptors (Lipinski definition) is 8. The molecule has 11 nitrogen and oxygen atoms in total. The Balaban J connectivity index is 1.94. The summed E-state index contributed by atoms with van der Waals surface area (Å²) in [6.45, 7) is 6.88. The molecule has 0 radical (unpaired) electrons. The van der Waals surface area contributed by atoms with Crippen LogP contribution >= 0.6 is 0 Å². The second-order valence-electron chi connectivity index (χ2n) is 6.99. The minimum Gasteiger partial charge on any atom is -0.394 e. The van der Waals surface area contributed by atoms with Crippen molar-refractivity contribution in [1.29, 1.82) is 0 Å². The number of anilines is 1. The first kappa shape index (κ1) is 17.9. The topological polar surface area (TPSA) is 147 Å². The molecule has 4 unspecified atom stereocenters. The molecule has 4 N–H and O–H groups in total. The molecule has 0 aliphatic carbocycles. The summed E-state index contributed by atoms with van der Waals surface area (Å²) in [7, 11) is 0. The highest BCUT2D eigenvalue weighted by Crippen LogP contribution is 2.43. The number of ether oxygens (including phenoxy) is 3. The van der Waals surface area contributed by atoms with Gasteiger partial charge in [0.15, 0.2) is 23.2 Å². The molecule has 146 valence electrons. The zero-order chi connectivity index (χ0) is 19.5. The second-order valence-corrected chi connectivity index (χ2v) is 6.99. The summed E-state index contributed by atoms with van der Waals surface area (Å²) in [6.07, 6.45) is -1.37. The van der Waals surface area contributed by atoms with Gasteiger partial charge in [-0.25, -0.2) is 9.36 Å². The quantitative estimate of drug-likeness (QED) is 0.577. The smallest absolute Gasteiger partial charge is 0.333 e. The Morgan fingerprint density at radius 2 is 2.07 bits per heavy atom. The molecule has 4 heterocycles. The maximum absolute atomic E-state index is 13.1. The van der Waals surface area contributed by atoms with Crippen LogP contribution in [-0.2, 0) is 20.8 Å². The highest BCUT2D eigenvalue weighted by molar-refractivity contribution is 5.71. The van der Waals surface area contributed by atoms with Crippen LogP contribution < -0.4 is 17.0 Å². The van der Waals surface area contributed by atoms with Crippen LogP contribution in [0.15, 0.2) is 22.2 Å². The predicted molar refractivity (Wildman–Crippen MR) is 94.0 cm³/mol. The zero-order valence-corrected chi connectivity index (χ0v) is 14.9. The van der Waals surface area contributed by atoms with Gasteiger partial charge in [0.1, 0.15) is 18.3 Å². The van der Waals surface area contributed by atoms with Gasteiger partial charge >= 0.3 is 5.69 Å². The fourth-order valence-corrected chi connectivity index (χ4v) is 3.74. The van der Waals surface area contributed by atoms with Crippen molar-refractivity contribution in [3.63, 3.8) is 0 Å². The van der Waals surface area contributed by atoms with E-state index in [1.165, 1.54) is 15.2 Å². The Kier molecular flexibility index (Phi) is 4.00. The van der Waals surface area contributed by atoms with E-state index >= 15 is 0 Å². The van der Waals surface area contributed by atoms with Crippen molar-refractivity contribution < 1.29 is 19.3 Å². The van der Waals surface area contributed by atoms with Crippen LogP contribution in [0.4, 0.5) is 5.95 Å². The number of allylic oxidation sites excluding steroid dienone is 1. The van der Waals surface area contributed by atoms with E-state index in [9.17, 15) is 14.7 Å². The number of aromatic nitrogens is 4. The number of H-pyrrole nitrogens is 1. The first-order valence-electron chi connectivity index (χ1n) is 8.51. The number of nitrogens with two attached hydrogens (primary N) is 1. The molecule has 0 bridgehead atoms. The fourth-order valence-electron chi connectivity index (χ4n) is 3.74. The molecule has 2 aliphatic heterocycles. The number of fused-ring (bicyclic) bond motifs is 2. The number of rotatable bonds is 4. The van der Waals surface area contributed by atoms with Crippen molar-refractivity contribution in [2.24, 2.45) is 0 Å². The maximum Gasteiger partial charge on any atom is 0.333 e. The lowest BCUT2D eigenvalue weighted by Gasteiger charge is -2.23. The van der Waals surface area contributed by atoms with Gasteiger partial charge < -0.3 is 25.1 Å². The molecule has 0 aromatic carbocycles. The molecule has 0 spiro atoms. The van der Waals surface area contributed by atoms with Gasteiger partial charge in [0.05, 0.1) is 6.61 Å². The number of nitrogens with one attached hydrogen (secondary N) is 1. The molecule has 2 aromatic rings. The largest absolute Gasteiger partial charge is 0.394 e. The molecule has 11 heteroatoms. The second kappa shape index (κ2) is 6.02. The van der Waals surface area contributed by atoms with Crippen LogP contribution in [0.3, 0.4) is 0 Å². The van der Waals surface area contributed by atoms with E-state index in [-0.39, 0.29) is 30.3 Å². The van der Waals surface area contributed by atoms with Gasteiger partial charge in [0.2, 0.25) is 5.95 Å². The minimum absolute atomic E-state index is 0.0554. The van der Waals surface area contributed by atoms with E-state index in [1.54, 1.807) is 13.8 Å². The number of aromatic amines is 1. The molecule has 2 fully saturated rings. The summed E-state index contributed by atoms with van der Waals surface area (Å²) < 4.78 is 20.0. The molecule has 2 aliphatic rings. The number of nitrogen functional groups attached to an aromatic ring is 1. The summed E-state index contributed by atoms with van der Waals surface area (Å²) >= 11 is 0. The van der Waals surface area contributed by atoms with E-state index < -0.39 is 41.6 Å². The van der Waals surface area contributed by atoms with E-state index in [1.807, 2.05) is 0 Å². The number of aliphatic hydroxyl groups is 1. The highest BCUT2D eigenvalue weighted by Gasteiger charge is 2.56. The number of hydrogen-bond donors (Lipinski definition) is 3. The van der Waals surface area contributed by atoms with Crippen LogP contribution in [0.5, 0.6) is 0 Å². The first-order valence-corrected chi connectivity index (χ1v) is 8.51. The lowest BCUT2D eigenvalue weighted by molar-refractivity contribution is -0.200. The monoisotopic (exact) mass is 379 g/mol. The summed E-state index contributed by atoms with van der Waals surface area (Å²) in [6, 6.07) is 0. The van der Waals surface area contributed by atoms with Gasteiger partial charge in [0.25, 0.3) is 5.56 Å². The van der Waals surface area contributed by atoms with Gasteiger partial charge in [-0.15, -0.1) is 6.58 Å². The molecule has 0 saturated carbocycles. The van der Waals surface area contributed by atoms with Crippen LogP contribution in [-0.4, -0.2) is 54.9 Å². The normalized spacial score (nSPS) is 29.3. The summed E-state index contributed by atoms with van der Waals surface area (Å²) in [4.78, 5) is 32.0. The van der Waals surface area contributed by atoms with Crippen molar-refractivity contribution >= 4 is 17.1 Å². The Morgan fingerprint density at radius 1 is 1.37 bits per heavy atom. The van der Waals surface area contributed by atoms with Crippen LogP contribution in [0, 0.1) is 0 Å². The predicted octanol–water partition coefficient (Wildman–Crippen LogP) is -0.936. The summed E-state index contributed by atoms with van der Waals surface area (Å²) in [5.74, 6) is -1.04. The van der Waals surface area contributed by atoms with Crippen molar-refractivity contribution in [2.75, 3.05) is 12.3 Å². The minimum atomic E-state index is -0.941. The molecular weight excluding hydrogens is 358 g/mol. The van der Waals surface area contributed by atoms with E-state index in [0.717, 1.165) is 0 Å². The van der Waals surface area contributed by atoms with Gasteiger partial charge in [-0.1, -0.05) is 6.08 Å². The highest BCUT2D eigenvalue weighted by atomic mass is 16.8. The molecule has 2 aromatic heterocycles. The third kappa shape index (κ3) is 2.62. The van der Waals surface area contributed by atoms with Gasteiger partial charge in [0, 0.05) is 6.54 Å². The van der Waals surface area contributed by atoms with Gasteiger partial charge in [-0.05, 0) is 13.8 Å². The Morgan fingerprint density at radius 3 is 2.74 bits per heavy atom. The van der Waals surface area contributed by atoms with E-state index in [2.05, 4.69) is 16.5 Å². The van der Waals surface area contributed by atoms with Gasteiger partial charge in [-0.2, -0.15) is 4.98 Å². The number of aliphatic hydroxyl groups excluding tert-OH is 1. The Bertz CT molecular complexity index is 1020. The first-order chi connectivity index (χ1) is 12.8. The molecule has 4 atom stereocenters. The molecule has 0 amide bonds. The van der Waals surface area contributed by atoms with Crippen molar-refractivity contribution in [2.45, 2.75) is 50.7 Å². The molecule has 27 heavy (non-hydrogen) atoms. The number of imidazole rings is 1. The number of nitrogens with zero attached hydrogens (tertiary/aromatic N) is 3. The molecule has 4 rings (SSSR count). The van der Waals surface area contributed by atoms with Crippen LogP contribution in [0.25, 0.3) is 11.2 Å². The standard InChI is InChI=1S/C16H21N5O6/c1-4-5-20-8-11(18-14(17)19-12(8)23)21(15(20)24)13-10-9(7(6-22)25-13)26-16(2,3)27-10/h4,7,9-10,13,22H,1,5-6H2,2-3H3,(H3,17,18,19,23). The molecule has 2 saturated heterocycles. The van der Waals surface area contributed by atoms with E-state index in [4.69, 9.17) is 19.9 Å². The fraction of sp³-hybridized carbons (Fsp3) is 0.562. The summed E-state index contributed by atoms with van der Waals surface area (Å²) in [5.41, 5.74) is 4.73. The van der Waals surface area contributed by atoms with Crippen molar-refractivity contribution in [3.05, 3.63) is 33.5 Å². The maximum atomic E-state index is 13.1. The zero-order valence-electron chi connectivity index (χ0n) is 14.9. The van der Waals surface area contributed by atoms with Crippen molar-refractivity contribution in [3.8, 4) is 0 Å². The van der Waals surface area contributed by atoms with E-state index in [0.29, 0.717) is 0 Å². The van der Waals surface area contributed by atoms with Crippen LogP contribution in [0.1, 0.15) is 20.1 Å². The third-order valence-corrected chi connectivity index (χ3v) is 4.70. The SMILES string of the molecule is C=CCn1c(=O)n(C2OC(CO)C3OC(C)(C)OC32)c2nc(N)[nH]c(=O)c21. The van der Waals surface area contributed by atoms with Gasteiger partial charge in [-0.3, -0.25) is 14.3 Å². The third-order valence-electron chi connectivity index (χ3n) is 4.70. The average Bonchev–Trinajstić information content (AvgIpc) is 3.15. The molecular formula is C16H21N5O6. The van der Waals surface area contributed by atoms with Crippen LogP contribution in [0.2, 0.25) is 0 Å². The lowest BCUT2D eigenvalue weighted by Crippen LogP contribution is -2.34. The Hall–Kier alpha value is -2.47. The Labute approximate surface area is 153 Å². The average molecular weight is 379 g/mol.